The number of aliphatic hydroxyl groups excluding tert-OH is 2. The molecule has 0 saturated carbocycles. The lowest BCUT2D eigenvalue weighted by Crippen LogP contribution is -2.37. The Morgan fingerprint density at radius 2 is 2.17 bits per heavy atom. The molecule has 12 heavy (non-hydrogen) atoms. The Morgan fingerprint density at radius 1 is 1.50 bits per heavy atom. The Labute approximate surface area is 72.5 Å². The number of rotatable bonds is 3. The van der Waals surface area contributed by atoms with Crippen molar-refractivity contribution in [3.8, 4) is 0 Å². The van der Waals surface area contributed by atoms with Crippen molar-refractivity contribution in [1.82, 2.24) is 5.32 Å². The molecule has 0 aliphatic carbocycles. The van der Waals surface area contributed by atoms with Crippen LogP contribution in [0.1, 0.15) is 20.3 Å². The lowest BCUT2D eigenvalue weighted by molar-refractivity contribution is -0.0939. The summed E-state index contributed by atoms with van der Waals surface area (Å²) in [6.45, 7) is 4.64. The van der Waals surface area contributed by atoms with E-state index < -0.39 is 12.4 Å². The summed E-state index contributed by atoms with van der Waals surface area (Å²) in [5.41, 5.74) is 0. The van der Waals surface area contributed by atoms with E-state index in [0.29, 0.717) is 19.0 Å². The minimum atomic E-state index is -0.793. The van der Waals surface area contributed by atoms with E-state index in [0.717, 1.165) is 0 Å². The zero-order chi connectivity index (χ0) is 9.14. The molecular formula is C8H17NO3. The van der Waals surface area contributed by atoms with Crippen molar-refractivity contribution in [1.29, 1.82) is 0 Å². The average Bonchev–Trinajstić information content (AvgIpc) is 2.26. The van der Waals surface area contributed by atoms with Crippen LogP contribution >= 0.6 is 0 Å². The van der Waals surface area contributed by atoms with Crippen molar-refractivity contribution in [2.45, 2.75) is 44.8 Å². The topological polar surface area (TPSA) is 61.7 Å². The Morgan fingerprint density at radius 3 is 2.58 bits per heavy atom. The highest BCUT2D eigenvalue weighted by Crippen LogP contribution is 2.17. The summed E-state index contributed by atoms with van der Waals surface area (Å²) in [6, 6.07) is 0.374. The molecule has 4 heteroatoms. The maximum atomic E-state index is 9.35. The van der Waals surface area contributed by atoms with Gasteiger partial charge in [-0.25, -0.2) is 0 Å². The minimum Gasteiger partial charge on any atom is -0.390 e. The van der Waals surface area contributed by atoms with Crippen molar-refractivity contribution in [3.63, 3.8) is 0 Å². The van der Waals surface area contributed by atoms with Crippen LogP contribution in [0.2, 0.25) is 0 Å². The second-order valence-corrected chi connectivity index (χ2v) is 3.50. The molecule has 3 N–H and O–H groups in total. The van der Waals surface area contributed by atoms with Crippen molar-refractivity contribution in [3.05, 3.63) is 0 Å². The third-order valence-corrected chi connectivity index (χ3v) is 1.93. The predicted molar refractivity (Wildman–Crippen MR) is 44.6 cm³/mol. The molecule has 1 aliphatic rings. The molecule has 1 aliphatic heterocycles. The van der Waals surface area contributed by atoms with Crippen LogP contribution in [0.15, 0.2) is 0 Å². The van der Waals surface area contributed by atoms with E-state index in [1.165, 1.54) is 0 Å². The van der Waals surface area contributed by atoms with E-state index in [9.17, 15) is 5.11 Å². The SMILES string of the molecule is CC(C)NC[C@@H]1O[C@@H](O)CC1O. The molecule has 0 amide bonds. The van der Waals surface area contributed by atoms with Crippen molar-refractivity contribution in [2.75, 3.05) is 6.54 Å². The molecule has 4 nitrogen and oxygen atoms in total. The maximum absolute atomic E-state index is 9.35. The van der Waals surface area contributed by atoms with Gasteiger partial charge in [0.25, 0.3) is 0 Å². The fourth-order valence-corrected chi connectivity index (χ4v) is 1.24. The van der Waals surface area contributed by atoms with Gasteiger partial charge >= 0.3 is 0 Å². The van der Waals surface area contributed by atoms with Gasteiger partial charge in [-0.3, -0.25) is 0 Å². The first-order valence-corrected chi connectivity index (χ1v) is 4.34. The Bertz CT molecular complexity index is 140. The lowest BCUT2D eigenvalue weighted by Gasteiger charge is -2.16. The van der Waals surface area contributed by atoms with Crippen molar-refractivity contribution >= 4 is 0 Å². The molecular weight excluding hydrogens is 158 g/mol. The molecule has 1 fully saturated rings. The summed E-state index contributed by atoms with van der Waals surface area (Å²) in [5.74, 6) is 0. The number of aliphatic hydroxyl groups is 2. The van der Waals surface area contributed by atoms with Crippen molar-refractivity contribution in [2.24, 2.45) is 0 Å². The second kappa shape index (κ2) is 4.18. The van der Waals surface area contributed by atoms with Crippen LogP contribution in [0.5, 0.6) is 0 Å². The monoisotopic (exact) mass is 175 g/mol. The number of nitrogens with one attached hydrogen (secondary N) is 1. The zero-order valence-corrected chi connectivity index (χ0v) is 7.53. The van der Waals surface area contributed by atoms with Gasteiger partial charge < -0.3 is 20.3 Å². The molecule has 0 aromatic rings. The first kappa shape index (κ1) is 9.92. The highest BCUT2D eigenvalue weighted by atomic mass is 16.6. The molecule has 0 bridgehead atoms. The summed E-state index contributed by atoms with van der Waals surface area (Å²) in [6.07, 6.45) is -1.27. The van der Waals surface area contributed by atoms with Gasteiger partial charge in [0.2, 0.25) is 0 Å². The highest BCUT2D eigenvalue weighted by molar-refractivity contribution is 4.79. The van der Waals surface area contributed by atoms with Crippen LogP contribution < -0.4 is 5.32 Å². The van der Waals surface area contributed by atoms with Gasteiger partial charge in [-0.05, 0) is 0 Å². The number of hydrogen-bond donors (Lipinski definition) is 3. The molecule has 1 heterocycles. The van der Waals surface area contributed by atoms with Crippen LogP contribution in [-0.4, -0.2) is 41.3 Å². The van der Waals surface area contributed by atoms with Gasteiger partial charge in [-0.15, -0.1) is 0 Å². The normalized spacial score (nSPS) is 36.2. The molecule has 3 atom stereocenters. The average molecular weight is 175 g/mol. The summed E-state index contributed by atoms with van der Waals surface area (Å²) >= 11 is 0. The van der Waals surface area contributed by atoms with Crippen LogP contribution in [0, 0.1) is 0 Å². The van der Waals surface area contributed by atoms with Crippen LogP contribution in [0.25, 0.3) is 0 Å². The molecule has 72 valence electrons. The summed E-state index contributed by atoms with van der Waals surface area (Å²) in [4.78, 5) is 0. The van der Waals surface area contributed by atoms with Gasteiger partial charge in [-0.1, -0.05) is 13.8 Å². The number of hydrogen-bond acceptors (Lipinski definition) is 4. The fourth-order valence-electron chi connectivity index (χ4n) is 1.24. The van der Waals surface area contributed by atoms with Gasteiger partial charge in [0, 0.05) is 19.0 Å². The third-order valence-electron chi connectivity index (χ3n) is 1.93. The lowest BCUT2D eigenvalue weighted by atomic mass is 10.2. The molecule has 0 radical (unpaired) electrons. The molecule has 0 aromatic heterocycles. The fraction of sp³-hybridized carbons (Fsp3) is 1.00. The standard InChI is InChI=1S/C8H17NO3/c1-5(2)9-4-7-6(10)3-8(11)12-7/h5-11H,3-4H2,1-2H3/t6?,7-,8+/m0/s1. The van der Waals surface area contributed by atoms with Crippen LogP contribution in [0.4, 0.5) is 0 Å². The van der Waals surface area contributed by atoms with E-state index in [-0.39, 0.29) is 6.10 Å². The number of ether oxygens (including phenoxy) is 1. The first-order valence-electron chi connectivity index (χ1n) is 4.34. The second-order valence-electron chi connectivity index (χ2n) is 3.50. The largest absolute Gasteiger partial charge is 0.390 e. The maximum Gasteiger partial charge on any atom is 0.157 e. The van der Waals surface area contributed by atoms with E-state index in [4.69, 9.17) is 9.84 Å². The van der Waals surface area contributed by atoms with Crippen molar-refractivity contribution < 1.29 is 14.9 Å². The van der Waals surface area contributed by atoms with E-state index in [1.807, 2.05) is 13.8 Å². The van der Waals surface area contributed by atoms with Gasteiger partial charge in [0.05, 0.1) is 12.2 Å². The first-order chi connectivity index (χ1) is 5.59. The van der Waals surface area contributed by atoms with E-state index in [1.54, 1.807) is 0 Å². The van der Waals surface area contributed by atoms with Crippen LogP contribution in [-0.2, 0) is 4.74 Å². The molecule has 1 saturated heterocycles. The van der Waals surface area contributed by atoms with Gasteiger partial charge in [-0.2, -0.15) is 0 Å². The summed E-state index contributed by atoms with van der Waals surface area (Å²) in [7, 11) is 0. The molecule has 0 spiro atoms. The smallest absolute Gasteiger partial charge is 0.157 e. The zero-order valence-electron chi connectivity index (χ0n) is 7.53. The minimum absolute atomic E-state index is 0.262. The molecule has 0 aromatic carbocycles. The van der Waals surface area contributed by atoms with E-state index in [2.05, 4.69) is 5.32 Å². The molecule has 1 unspecified atom stereocenters. The van der Waals surface area contributed by atoms with Gasteiger partial charge in [0.15, 0.2) is 6.29 Å². The Balaban J connectivity index is 2.23. The van der Waals surface area contributed by atoms with Gasteiger partial charge in [0.1, 0.15) is 0 Å². The Kier molecular flexibility index (Phi) is 3.46. The Hall–Kier alpha value is -0.160. The summed E-state index contributed by atoms with van der Waals surface area (Å²) < 4.78 is 5.07. The highest BCUT2D eigenvalue weighted by Gasteiger charge is 2.32. The summed E-state index contributed by atoms with van der Waals surface area (Å²) in [5, 5.41) is 21.5. The molecule has 1 rings (SSSR count). The quantitative estimate of drug-likeness (QED) is 0.539. The van der Waals surface area contributed by atoms with E-state index >= 15 is 0 Å². The third kappa shape index (κ3) is 2.71. The van der Waals surface area contributed by atoms with Crippen LogP contribution in [0.3, 0.4) is 0 Å². The predicted octanol–water partition coefficient (Wildman–Crippen LogP) is -0.547.